The van der Waals surface area contributed by atoms with E-state index in [9.17, 15) is 9.59 Å². The van der Waals surface area contributed by atoms with Crippen molar-refractivity contribution in [2.75, 3.05) is 11.9 Å². The van der Waals surface area contributed by atoms with E-state index in [0.29, 0.717) is 18.7 Å². The lowest BCUT2D eigenvalue weighted by atomic mass is 9.90. The fourth-order valence-electron chi connectivity index (χ4n) is 3.82. The van der Waals surface area contributed by atoms with Crippen LogP contribution in [0.2, 0.25) is 0 Å². The summed E-state index contributed by atoms with van der Waals surface area (Å²) in [6, 6.07) is 5.51. The molecule has 1 saturated heterocycles. The molecule has 0 radical (unpaired) electrons. The van der Waals surface area contributed by atoms with Gasteiger partial charge in [0.25, 0.3) is 0 Å². The molecule has 1 aliphatic carbocycles. The van der Waals surface area contributed by atoms with Crippen molar-refractivity contribution in [1.29, 1.82) is 0 Å². The number of likely N-dealkylation sites (tertiary alicyclic amines) is 1. The molecule has 0 unspecified atom stereocenters. The average molecular weight is 338 g/mol. The zero-order chi connectivity index (χ0) is 17.2. The minimum Gasteiger partial charge on any atom is -0.347 e. The van der Waals surface area contributed by atoms with E-state index in [0.717, 1.165) is 49.1 Å². The second-order valence-electron chi connectivity index (χ2n) is 6.76. The third-order valence-electron chi connectivity index (χ3n) is 5.11. The number of aromatic amines is 1. The smallest absolute Gasteiger partial charge is 0.322 e. The van der Waals surface area contributed by atoms with E-state index in [4.69, 9.17) is 0 Å². The maximum Gasteiger partial charge on any atom is 0.322 e. The molecule has 1 atom stereocenters. The summed E-state index contributed by atoms with van der Waals surface area (Å²) >= 11 is 0. The Hall–Kier alpha value is -2.63. The largest absolute Gasteiger partial charge is 0.347 e. The van der Waals surface area contributed by atoms with Gasteiger partial charge in [-0.2, -0.15) is 0 Å². The fourth-order valence-corrected chi connectivity index (χ4v) is 3.82. The highest BCUT2D eigenvalue weighted by Gasteiger charge is 2.30. The van der Waals surface area contributed by atoms with Crippen molar-refractivity contribution in [2.45, 2.75) is 44.6 Å². The quantitative estimate of drug-likeness (QED) is 0.876. The van der Waals surface area contributed by atoms with Crippen molar-refractivity contribution < 1.29 is 9.59 Å². The van der Waals surface area contributed by atoms with E-state index in [1.165, 1.54) is 0 Å². The maximum absolute atomic E-state index is 12.8. The molecule has 1 fully saturated rings. The minimum atomic E-state index is -0.135. The number of anilines is 1. The number of piperidine rings is 1. The van der Waals surface area contributed by atoms with Gasteiger partial charge in [-0.25, -0.2) is 9.78 Å². The first-order chi connectivity index (χ1) is 12.2. The van der Waals surface area contributed by atoms with Gasteiger partial charge in [0.15, 0.2) is 5.78 Å². The second-order valence-corrected chi connectivity index (χ2v) is 6.76. The summed E-state index contributed by atoms with van der Waals surface area (Å²) in [5.74, 6) is 0.999. The highest BCUT2D eigenvalue weighted by molar-refractivity contribution is 6.00. The number of rotatable bonds is 2. The molecule has 0 spiro atoms. The molecule has 2 aromatic rings. The van der Waals surface area contributed by atoms with Gasteiger partial charge in [0.05, 0.1) is 6.04 Å². The third kappa shape index (κ3) is 3.16. The Labute approximate surface area is 146 Å². The molecule has 25 heavy (non-hydrogen) atoms. The van der Waals surface area contributed by atoms with Crippen LogP contribution in [-0.2, 0) is 6.42 Å². The monoisotopic (exact) mass is 338 g/mol. The predicted molar refractivity (Wildman–Crippen MR) is 94.6 cm³/mol. The van der Waals surface area contributed by atoms with Gasteiger partial charge in [0.1, 0.15) is 5.82 Å². The van der Waals surface area contributed by atoms with Crippen molar-refractivity contribution in [1.82, 2.24) is 14.9 Å². The summed E-state index contributed by atoms with van der Waals surface area (Å²) in [5.41, 5.74) is 2.52. The molecule has 0 saturated carbocycles. The van der Waals surface area contributed by atoms with Crippen molar-refractivity contribution in [3.8, 4) is 0 Å². The first-order valence-corrected chi connectivity index (χ1v) is 8.95. The van der Waals surface area contributed by atoms with Gasteiger partial charge in [-0.1, -0.05) is 6.07 Å². The zero-order valence-corrected chi connectivity index (χ0v) is 14.1. The van der Waals surface area contributed by atoms with Gasteiger partial charge < -0.3 is 15.2 Å². The summed E-state index contributed by atoms with van der Waals surface area (Å²) < 4.78 is 0. The van der Waals surface area contributed by atoms with E-state index in [2.05, 4.69) is 15.3 Å². The number of urea groups is 1. The van der Waals surface area contributed by atoms with Crippen LogP contribution in [0.15, 0.2) is 30.6 Å². The van der Waals surface area contributed by atoms with Gasteiger partial charge >= 0.3 is 6.03 Å². The zero-order valence-electron chi connectivity index (χ0n) is 14.1. The van der Waals surface area contributed by atoms with Crippen LogP contribution in [0.1, 0.15) is 59.9 Å². The molecule has 1 aromatic carbocycles. The van der Waals surface area contributed by atoms with Gasteiger partial charge in [-0.05, 0) is 49.8 Å². The summed E-state index contributed by atoms with van der Waals surface area (Å²) in [6.45, 7) is 0.709. The number of carbonyl (C=O) groups is 2. The summed E-state index contributed by atoms with van der Waals surface area (Å²) in [4.78, 5) is 34.2. The van der Waals surface area contributed by atoms with Gasteiger partial charge in [-0.3, -0.25) is 4.79 Å². The number of H-pyrrole nitrogens is 1. The lowest BCUT2D eigenvalue weighted by Crippen LogP contribution is -2.41. The van der Waals surface area contributed by atoms with Crippen LogP contribution in [0, 0.1) is 0 Å². The molecular weight excluding hydrogens is 316 g/mol. The number of imidazole rings is 1. The van der Waals surface area contributed by atoms with Crippen LogP contribution in [0.3, 0.4) is 0 Å². The standard InChI is InChI=1S/C19H22N4O2/c24-17-6-3-4-13-7-8-14(12-15(13)17)22-19(25)23-11-2-1-5-16(23)18-20-9-10-21-18/h7-10,12,16H,1-6,11H2,(H,20,21)(H,22,25)/t16-/m1/s1. The molecule has 130 valence electrons. The number of ketones is 1. The number of hydrogen-bond donors (Lipinski definition) is 2. The van der Waals surface area contributed by atoms with Crippen molar-refractivity contribution in [3.05, 3.63) is 47.5 Å². The first kappa shape index (κ1) is 15.9. The minimum absolute atomic E-state index is 0.0250. The van der Waals surface area contributed by atoms with Crippen LogP contribution < -0.4 is 5.32 Å². The third-order valence-corrected chi connectivity index (χ3v) is 5.11. The number of benzene rings is 1. The SMILES string of the molecule is O=C1CCCc2ccc(NC(=O)N3CCCC[C@@H]3c3ncc[nH]3)cc21. The average Bonchev–Trinajstić information content (AvgIpc) is 3.17. The molecule has 2 N–H and O–H groups in total. The predicted octanol–water partition coefficient (Wildman–Crippen LogP) is 3.69. The Morgan fingerprint density at radius 1 is 1.24 bits per heavy atom. The summed E-state index contributed by atoms with van der Waals surface area (Å²) in [6.07, 6.45) is 8.93. The Morgan fingerprint density at radius 3 is 3.00 bits per heavy atom. The molecule has 4 rings (SSSR count). The van der Waals surface area contributed by atoms with Crippen LogP contribution in [-0.4, -0.2) is 33.2 Å². The molecule has 2 heterocycles. The van der Waals surface area contributed by atoms with Crippen LogP contribution in [0.25, 0.3) is 0 Å². The number of aromatic nitrogens is 2. The van der Waals surface area contributed by atoms with Crippen LogP contribution in [0.4, 0.5) is 10.5 Å². The fraction of sp³-hybridized carbons (Fsp3) is 0.421. The first-order valence-electron chi connectivity index (χ1n) is 8.95. The Morgan fingerprint density at radius 2 is 2.16 bits per heavy atom. The number of amides is 2. The molecule has 6 nitrogen and oxygen atoms in total. The van der Waals surface area contributed by atoms with Crippen molar-refractivity contribution >= 4 is 17.5 Å². The molecule has 0 bridgehead atoms. The molecule has 2 aliphatic rings. The van der Waals surface area contributed by atoms with Gasteiger partial charge in [0, 0.05) is 36.6 Å². The van der Waals surface area contributed by atoms with Crippen molar-refractivity contribution in [3.63, 3.8) is 0 Å². The summed E-state index contributed by atoms with van der Waals surface area (Å²) in [5, 5.41) is 2.97. The molecule has 6 heteroatoms. The Balaban J connectivity index is 1.53. The lowest BCUT2D eigenvalue weighted by Gasteiger charge is -2.34. The topological polar surface area (TPSA) is 78.1 Å². The van der Waals surface area contributed by atoms with Gasteiger partial charge in [-0.15, -0.1) is 0 Å². The second kappa shape index (κ2) is 6.70. The summed E-state index contributed by atoms with van der Waals surface area (Å²) in [7, 11) is 0. The number of nitrogens with one attached hydrogen (secondary N) is 2. The molecule has 2 amide bonds. The number of hydrogen-bond acceptors (Lipinski definition) is 3. The Kier molecular flexibility index (Phi) is 4.26. The van der Waals surface area contributed by atoms with Crippen LogP contribution >= 0.6 is 0 Å². The highest BCUT2D eigenvalue weighted by atomic mass is 16.2. The normalized spacial score (nSPS) is 20.2. The molecular formula is C19H22N4O2. The van der Waals surface area contributed by atoms with Crippen LogP contribution in [0.5, 0.6) is 0 Å². The number of nitrogens with zero attached hydrogens (tertiary/aromatic N) is 2. The molecule has 1 aliphatic heterocycles. The number of Topliss-reactive ketones (excluding diaryl/α,β-unsaturated/α-hetero) is 1. The van der Waals surface area contributed by atoms with E-state index >= 15 is 0 Å². The van der Waals surface area contributed by atoms with E-state index in [1.807, 2.05) is 23.1 Å². The highest BCUT2D eigenvalue weighted by Crippen LogP contribution is 2.30. The maximum atomic E-state index is 12.8. The van der Waals surface area contributed by atoms with Gasteiger partial charge in [0.2, 0.25) is 0 Å². The van der Waals surface area contributed by atoms with Crippen molar-refractivity contribution in [2.24, 2.45) is 0 Å². The number of aryl methyl sites for hydroxylation is 1. The van der Waals surface area contributed by atoms with E-state index in [1.54, 1.807) is 12.4 Å². The molecule has 1 aromatic heterocycles. The van der Waals surface area contributed by atoms with E-state index < -0.39 is 0 Å². The lowest BCUT2D eigenvalue weighted by molar-refractivity contribution is 0.0972. The van der Waals surface area contributed by atoms with E-state index in [-0.39, 0.29) is 17.9 Å². The Bertz CT molecular complexity index is 785. The number of carbonyl (C=O) groups excluding carboxylic acids is 2. The number of fused-ring (bicyclic) bond motifs is 1.